The van der Waals surface area contributed by atoms with Crippen molar-refractivity contribution in [3.05, 3.63) is 70.0 Å². The highest BCUT2D eigenvalue weighted by Crippen LogP contribution is 2.26. The third-order valence-corrected chi connectivity index (χ3v) is 5.57. The van der Waals surface area contributed by atoms with E-state index in [-0.39, 0.29) is 24.8 Å². The predicted octanol–water partition coefficient (Wildman–Crippen LogP) is 4.85. The Bertz CT molecular complexity index is 992. The van der Waals surface area contributed by atoms with Crippen LogP contribution in [0.4, 0.5) is 0 Å². The highest BCUT2D eigenvalue weighted by Gasteiger charge is 2.32. The molecular formula is C24H29ClN2O4. The van der Waals surface area contributed by atoms with Crippen molar-refractivity contribution in [3.63, 3.8) is 0 Å². The van der Waals surface area contributed by atoms with Gasteiger partial charge in [-0.1, -0.05) is 17.7 Å². The van der Waals surface area contributed by atoms with Crippen LogP contribution in [-0.4, -0.2) is 46.3 Å². The SMILES string of the molecule is C=CCN(C(=O)c1ccc(Cl)cc1)[C@@H](C)C(=O)c1c(C)c(C(=O)OCC)n(CC)c1C. The van der Waals surface area contributed by atoms with Crippen molar-refractivity contribution < 1.29 is 19.1 Å². The summed E-state index contributed by atoms with van der Waals surface area (Å²) in [5.74, 6) is -0.998. The maximum Gasteiger partial charge on any atom is 0.355 e. The highest BCUT2D eigenvalue weighted by molar-refractivity contribution is 6.30. The average molecular weight is 445 g/mol. The third kappa shape index (κ3) is 4.90. The Labute approximate surface area is 188 Å². The van der Waals surface area contributed by atoms with Crippen LogP contribution in [0.15, 0.2) is 36.9 Å². The summed E-state index contributed by atoms with van der Waals surface area (Å²) in [6.45, 7) is 13.6. The molecule has 0 saturated carbocycles. The largest absolute Gasteiger partial charge is 0.461 e. The van der Waals surface area contributed by atoms with Gasteiger partial charge in [-0.25, -0.2) is 4.79 Å². The van der Waals surface area contributed by atoms with Gasteiger partial charge in [0.25, 0.3) is 5.91 Å². The van der Waals surface area contributed by atoms with Gasteiger partial charge in [0, 0.05) is 34.9 Å². The van der Waals surface area contributed by atoms with Crippen molar-refractivity contribution in [2.75, 3.05) is 13.2 Å². The quantitative estimate of drug-likeness (QED) is 0.315. The fraction of sp³-hybridized carbons (Fsp3) is 0.375. The van der Waals surface area contributed by atoms with Crippen LogP contribution in [0.5, 0.6) is 0 Å². The molecule has 0 N–H and O–H groups in total. The van der Waals surface area contributed by atoms with Crippen LogP contribution in [-0.2, 0) is 11.3 Å². The standard InChI is InChI=1S/C24H29ClN2O4/c1-7-14-27(23(29)18-10-12-19(25)13-11-18)17(6)22(28)20-15(4)21(24(30)31-9-3)26(8-2)16(20)5/h7,10-13,17H,1,8-9,14H2,2-6H3/t17-/m0/s1. The van der Waals surface area contributed by atoms with Crippen LogP contribution in [0.1, 0.15) is 63.2 Å². The molecule has 7 heteroatoms. The van der Waals surface area contributed by atoms with Crippen LogP contribution in [0.25, 0.3) is 0 Å². The Morgan fingerprint density at radius 2 is 1.81 bits per heavy atom. The summed E-state index contributed by atoms with van der Waals surface area (Å²) >= 11 is 5.93. The number of rotatable bonds is 9. The van der Waals surface area contributed by atoms with Crippen LogP contribution >= 0.6 is 11.6 Å². The van der Waals surface area contributed by atoms with Crippen LogP contribution in [0.2, 0.25) is 5.02 Å². The predicted molar refractivity (Wildman–Crippen MR) is 122 cm³/mol. The molecule has 166 valence electrons. The highest BCUT2D eigenvalue weighted by atomic mass is 35.5. The molecule has 31 heavy (non-hydrogen) atoms. The van der Waals surface area contributed by atoms with E-state index in [4.69, 9.17) is 16.3 Å². The van der Waals surface area contributed by atoms with Crippen molar-refractivity contribution in [3.8, 4) is 0 Å². The lowest BCUT2D eigenvalue weighted by Crippen LogP contribution is -2.43. The van der Waals surface area contributed by atoms with Crippen LogP contribution in [0, 0.1) is 13.8 Å². The van der Waals surface area contributed by atoms with Crippen molar-refractivity contribution in [2.45, 2.75) is 47.2 Å². The van der Waals surface area contributed by atoms with E-state index < -0.39 is 12.0 Å². The molecule has 1 amide bonds. The summed E-state index contributed by atoms with van der Waals surface area (Å²) in [5, 5.41) is 0.523. The van der Waals surface area contributed by atoms with E-state index in [9.17, 15) is 14.4 Å². The van der Waals surface area contributed by atoms with Gasteiger partial charge in [-0.3, -0.25) is 9.59 Å². The van der Waals surface area contributed by atoms with Gasteiger partial charge in [0.2, 0.25) is 0 Å². The first-order valence-corrected chi connectivity index (χ1v) is 10.7. The number of Topliss-reactive ketones (excluding diaryl/α,β-unsaturated/α-hetero) is 1. The molecule has 0 unspecified atom stereocenters. The Balaban J connectivity index is 2.48. The zero-order valence-electron chi connectivity index (χ0n) is 18.7. The lowest BCUT2D eigenvalue weighted by Gasteiger charge is -2.27. The van der Waals surface area contributed by atoms with E-state index in [0.717, 1.165) is 0 Å². The van der Waals surface area contributed by atoms with E-state index >= 15 is 0 Å². The summed E-state index contributed by atoms with van der Waals surface area (Å²) in [4.78, 5) is 40.6. The molecule has 0 spiro atoms. The van der Waals surface area contributed by atoms with Gasteiger partial charge in [0.1, 0.15) is 5.69 Å². The monoisotopic (exact) mass is 444 g/mol. The minimum atomic E-state index is -0.763. The number of hydrogen-bond donors (Lipinski definition) is 0. The number of benzene rings is 1. The number of halogens is 1. The Morgan fingerprint density at radius 1 is 1.19 bits per heavy atom. The normalized spacial score (nSPS) is 11.7. The second kappa shape index (κ2) is 10.4. The van der Waals surface area contributed by atoms with Gasteiger partial charge in [-0.05, 0) is 64.4 Å². The maximum absolute atomic E-state index is 13.5. The van der Waals surface area contributed by atoms with Gasteiger partial charge >= 0.3 is 5.97 Å². The Morgan fingerprint density at radius 3 is 2.32 bits per heavy atom. The molecule has 0 aliphatic heterocycles. The number of nitrogens with zero attached hydrogens (tertiary/aromatic N) is 2. The number of ketones is 1. The molecule has 1 aromatic heterocycles. The Hall–Kier alpha value is -2.86. The minimum absolute atomic E-state index is 0.200. The van der Waals surface area contributed by atoms with E-state index in [0.29, 0.717) is 39.6 Å². The second-order valence-corrected chi connectivity index (χ2v) is 7.63. The number of aromatic nitrogens is 1. The fourth-order valence-corrected chi connectivity index (χ4v) is 3.91. The first-order valence-electron chi connectivity index (χ1n) is 10.3. The molecule has 0 saturated heterocycles. The van der Waals surface area contributed by atoms with Gasteiger partial charge in [0.05, 0.1) is 12.6 Å². The summed E-state index contributed by atoms with van der Waals surface area (Å²) < 4.78 is 6.98. The number of ether oxygens (including phenoxy) is 1. The lowest BCUT2D eigenvalue weighted by molar-refractivity contribution is 0.0512. The van der Waals surface area contributed by atoms with Gasteiger partial charge in [-0.2, -0.15) is 0 Å². The second-order valence-electron chi connectivity index (χ2n) is 7.19. The molecule has 0 radical (unpaired) electrons. The third-order valence-electron chi connectivity index (χ3n) is 5.32. The number of hydrogen-bond acceptors (Lipinski definition) is 4. The average Bonchev–Trinajstić information content (AvgIpc) is 3.00. The number of amides is 1. The van der Waals surface area contributed by atoms with Crippen molar-refractivity contribution in [1.29, 1.82) is 0 Å². The number of carbonyl (C=O) groups excluding carboxylic acids is 3. The molecule has 0 aliphatic carbocycles. The lowest BCUT2D eigenvalue weighted by atomic mass is 9.99. The van der Waals surface area contributed by atoms with Crippen LogP contribution < -0.4 is 0 Å². The van der Waals surface area contributed by atoms with Gasteiger partial charge in [-0.15, -0.1) is 6.58 Å². The molecule has 6 nitrogen and oxygen atoms in total. The van der Waals surface area contributed by atoms with E-state index in [1.54, 1.807) is 62.6 Å². The molecule has 1 atom stereocenters. The van der Waals surface area contributed by atoms with E-state index in [1.807, 2.05) is 6.92 Å². The smallest absolute Gasteiger partial charge is 0.355 e. The number of carbonyl (C=O) groups is 3. The van der Waals surface area contributed by atoms with Gasteiger partial charge in [0.15, 0.2) is 5.78 Å². The van der Waals surface area contributed by atoms with Crippen molar-refractivity contribution in [2.24, 2.45) is 0 Å². The first-order chi connectivity index (χ1) is 14.7. The van der Waals surface area contributed by atoms with E-state index in [2.05, 4.69) is 6.58 Å². The fourth-order valence-electron chi connectivity index (χ4n) is 3.78. The zero-order valence-corrected chi connectivity index (χ0v) is 19.5. The molecule has 0 fully saturated rings. The van der Waals surface area contributed by atoms with E-state index in [1.165, 1.54) is 4.90 Å². The molecule has 2 aromatic rings. The maximum atomic E-state index is 13.5. The van der Waals surface area contributed by atoms with Crippen molar-refractivity contribution in [1.82, 2.24) is 9.47 Å². The summed E-state index contributed by atoms with van der Waals surface area (Å²) in [7, 11) is 0. The number of esters is 1. The topological polar surface area (TPSA) is 68.6 Å². The summed E-state index contributed by atoms with van der Waals surface area (Å²) in [6.07, 6.45) is 1.58. The molecule has 1 heterocycles. The first kappa shape index (κ1) is 24.4. The molecule has 0 aliphatic rings. The summed E-state index contributed by atoms with van der Waals surface area (Å²) in [5.41, 5.74) is 2.48. The molecular weight excluding hydrogens is 416 g/mol. The molecule has 2 rings (SSSR count). The minimum Gasteiger partial charge on any atom is -0.461 e. The zero-order chi connectivity index (χ0) is 23.3. The summed E-state index contributed by atoms with van der Waals surface area (Å²) in [6, 6.07) is 5.76. The van der Waals surface area contributed by atoms with Gasteiger partial charge < -0.3 is 14.2 Å². The molecule has 0 bridgehead atoms. The van der Waals surface area contributed by atoms with Crippen molar-refractivity contribution >= 4 is 29.3 Å². The molecule has 1 aromatic carbocycles. The van der Waals surface area contributed by atoms with Crippen LogP contribution in [0.3, 0.4) is 0 Å². The Kier molecular flexibility index (Phi) is 8.22.